The lowest BCUT2D eigenvalue weighted by atomic mass is 10.1. The molecule has 1 aromatic heterocycles. The van der Waals surface area contributed by atoms with Gasteiger partial charge in [0.05, 0.1) is 17.8 Å². The van der Waals surface area contributed by atoms with Crippen molar-refractivity contribution in [3.05, 3.63) is 64.0 Å². The van der Waals surface area contributed by atoms with E-state index in [1.807, 2.05) is 30.3 Å². The monoisotopic (exact) mass is 324 g/mol. The second-order valence-corrected chi connectivity index (χ2v) is 6.37. The normalized spacial score (nSPS) is 10.7. The summed E-state index contributed by atoms with van der Waals surface area (Å²) in [5.74, 6) is 0.954. The fourth-order valence-corrected chi connectivity index (χ4v) is 3.45. The van der Waals surface area contributed by atoms with Gasteiger partial charge in [0.2, 0.25) is 0 Å². The molecule has 3 aromatic rings. The highest BCUT2D eigenvalue weighted by atomic mass is 32.1. The third-order valence-corrected chi connectivity index (χ3v) is 4.66. The van der Waals surface area contributed by atoms with Crippen LogP contribution in [-0.4, -0.2) is 12.1 Å². The predicted octanol–water partition coefficient (Wildman–Crippen LogP) is 4.55. The molecule has 1 heterocycles. The Kier molecular flexibility index (Phi) is 4.63. The van der Waals surface area contributed by atoms with Crippen LogP contribution in [0, 0.1) is 0 Å². The number of hydrogen-bond donors (Lipinski definition) is 1. The summed E-state index contributed by atoms with van der Waals surface area (Å²) in [4.78, 5) is 4.75. The number of aromatic nitrogens is 1. The zero-order valence-electron chi connectivity index (χ0n) is 13.4. The van der Waals surface area contributed by atoms with Gasteiger partial charge in [-0.2, -0.15) is 0 Å². The Morgan fingerprint density at radius 1 is 1.17 bits per heavy atom. The molecular weight excluding hydrogens is 304 g/mol. The minimum atomic E-state index is 0.764. The minimum absolute atomic E-state index is 0.764. The zero-order valence-corrected chi connectivity index (χ0v) is 14.2. The molecule has 0 unspecified atom stereocenters. The first-order chi connectivity index (χ1) is 11.2. The van der Waals surface area contributed by atoms with Gasteiger partial charge >= 0.3 is 0 Å². The summed E-state index contributed by atoms with van der Waals surface area (Å²) in [5, 5.41) is 3.20. The first-order valence-corrected chi connectivity index (χ1v) is 8.53. The van der Waals surface area contributed by atoms with Crippen LogP contribution in [0.25, 0.3) is 11.3 Å². The summed E-state index contributed by atoms with van der Waals surface area (Å²) >= 11 is 1.69. The number of benzene rings is 2. The number of nitrogen functional groups attached to an aromatic ring is 1. The number of thiazole rings is 1. The Morgan fingerprint density at radius 3 is 2.78 bits per heavy atom. The van der Waals surface area contributed by atoms with Gasteiger partial charge in [-0.05, 0) is 35.7 Å². The van der Waals surface area contributed by atoms with Gasteiger partial charge in [0.15, 0.2) is 0 Å². The highest BCUT2D eigenvalue weighted by Crippen LogP contribution is 2.26. The molecule has 0 saturated heterocycles. The van der Waals surface area contributed by atoms with Crippen molar-refractivity contribution in [2.45, 2.75) is 19.8 Å². The number of methoxy groups -OCH3 is 1. The molecule has 0 aliphatic carbocycles. The Morgan fingerprint density at radius 2 is 2.04 bits per heavy atom. The van der Waals surface area contributed by atoms with E-state index >= 15 is 0 Å². The summed E-state index contributed by atoms with van der Waals surface area (Å²) in [5.41, 5.74) is 11.2. The van der Waals surface area contributed by atoms with Gasteiger partial charge in [-0.1, -0.05) is 31.2 Å². The molecule has 0 aliphatic heterocycles. The Bertz CT molecular complexity index is 811. The molecule has 0 amide bonds. The number of anilines is 1. The Balaban J connectivity index is 1.82. The molecule has 118 valence electrons. The fourth-order valence-electron chi connectivity index (χ4n) is 2.62. The van der Waals surface area contributed by atoms with E-state index in [1.54, 1.807) is 18.4 Å². The second kappa shape index (κ2) is 6.84. The minimum Gasteiger partial charge on any atom is -0.496 e. The van der Waals surface area contributed by atoms with Crippen molar-refractivity contribution in [2.75, 3.05) is 12.8 Å². The zero-order chi connectivity index (χ0) is 16.2. The van der Waals surface area contributed by atoms with E-state index in [4.69, 9.17) is 15.5 Å². The fraction of sp³-hybridized carbons (Fsp3) is 0.211. The van der Waals surface area contributed by atoms with E-state index in [1.165, 1.54) is 11.1 Å². The van der Waals surface area contributed by atoms with Crippen molar-refractivity contribution in [3.8, 4) is 17.0 Å². The number of hydrogen-bond acceptors (Lipinski definition) is 4. The average Bonchev–Trinajstić information content (AvgIpc) is 3.03. The quantitative estimate of drug-likeness (QED) is 0.700. The van der Waals surface area contributed by atoms with Crippen molar-refractivity contribution in [1.29, 1.82) is 0 Å². The van der Waals surface area contributed by atoms with Crippen molar-refractivity contribution >= 4 is 17.0 Å². The first kappa shape index (κ1) is 15.6. The van der Waals surface area contributed by atoms with Crippen molar-refractivity contribution < 1.29 is 4.74 Å². The van der Waals surface area contributed by atoms with Gasteiger partial charge in [-0.15, -0.1) is 11.3 Å². The second-order valence-electron chi connectivity index (χ2n) is 5.43. The van der Waals surface area contributed by atoms with E-state index in [9.17, 15) is 0 Å². The smallest absolute Gasteiger partial charge is 0.122 e. The maximum atomic E-state index is 5.85. The maximum absolute atomic E-state index is 5.85. The van der Waals surface area contributed by atoms with Gasteiger partial charge in [0, 0.05) is 23.1 Å². The maximum Gasteiger partial charge on any atom is 0.122 e. The topological polar surface area (TPSA) is 48.1 Å². The number of aryl methyl sites for hydroxylation is 1. The molecule has 0 aliphatic rings. The SMILES string of the molecule is CCc1cc(Cc2nc(-c3cccc(N)c3)cs2)ccc1OC. The van der Waals surface area contributed by atoms with Crippen LogP contribution in [-0.2, 0) is 12.8 Å². The van der Waals surface area contributed by atoms with Gasteiger partial charge in [-0.25, -0.2) is 4.98 Å². The van der Waals surface area contributed by atoms with Crippen LogP contribution in [0.3, 0.4) is 0 Å². The van der Waals surface area contributed by atoms with Crippen LogP contribution < -0.4 is 10.5 Å². The lowest BCUT2D eigenvalue weighted by Gasteiger charge is -2.08. The first-order valence-electron chi connectivity index (χ1n) is 7.65. The lowest BCUT2D eigenvalue weighted by molar-refractivity contribution is 0.410. The van der Waals surface area contributed by atoms with Crippen LogP contribution in [0.4, 0.5) is 5.69 Å². The molecule has 0 fully saturated rings. The standard InChI is InChI=1S/C19H20N2OS/c1-3-14-9-13(7-8-18(14)22-2)10-19-21-17(12-23-19)15-5-4-6-16(20)11-15/h4-9,11-12H,3,10,20H2,1-2H3. The molecule has 23 heavy (non-hydrogen) atoms. The number of nitrogens with two attached hydrogens (primary N) is 1. The van der Waals surface area contributed by atoms with E-state index in [0.717, 1.165) is 40.5 Å². The molecule has 0 atom stereocenters. The molecule has 4 heteroatoms. The average molecular weight is 324 g/mol. The molecule has 0 spiro atoms. The Labute approximate surface area is 140 Å². The molecular formula is C19H20N2OS. The van der Waals surface area contributed by atoms with Gasteiger partial charge in [-0.3, -0.25) is 0 Å². The summed E-state index contributed by atoms with van der Waals surface area (Å²) in [6, 6.07) is 14.2. The van der Waals surface area contributed by atoms with Crippen molar-refractivity contribution in [1.82, 2.24) is 4.98 Å². The third kappa shape index (κ3) is 3.54. The van der Waals surface area contributed by atoms with Gasteiger partial charge in [0.25, 0.3) is 0 Å². The number of ether oxygens (including phenoxy) is 1. The largest absolute Gasteiger partial charge is 0.496 e. The van der Waals surface area contributed by atoms with Crippen molar-refractivity contribution in [2.24, 2.45) is 0 Å². The van der Waals surface area contributed by atoms with Gasteiger partial charge in [0.1, 0.15) is 5.75 Å². The molecule has 2 N–H and O–H groups in total. The third-order valence-electron chi connectivity index (χ3n) is 3.82. The van der Waals surface area contributed by atoms with Crippen LogP contribution in [0.1, 0.15) is 23.1 Å². The van der Waals surface area contributed by atoms with E-state index in [0.29, 0.717) is 0 Å². The Hall–Kier alpha value is -2.33. The van der Waals surface area contributed by atoms with Gasteiger partial charge < -0.3 is 10.5 Å². The summed E-state index contributed by atoms with van der Waals surface area (Å²) in [6.45, 7) is 2.14. The summed E-state index contributed by atoms with van der Waals surface area (Å²) in [6.07, 6.45) is 1.80. The van der Waals surface area contributed by atoms with E-state index < -0.39 is 0 Å². The van der Waals surface area contributed by atoms with Crippen LogP contribution in [0.5, 0.6) is 5.75 Å². The van der Waals surface area contributed by atoms with E-state index in [2.05, 4.69) is 24.4 Å². The molecule has 0 radical (unpaired) electrons. The van der Waals surface area contributed by atoms with E-state index in [-0.39, 0.29) is 0 Å². The summed E-state index contributed by atoms with van der Waals surface area (Å²) < 4.78 is 5.39. The predicted molar refractivity (Wildman–Crippen MR) is 97.1 cm³/mol. The lowest BCUT2D eigenvalue weighted by Crippen LogP contribution is -1.94. The van der Waals surface area contributed by atoms with Crippen molar-refractivity contribution in [3.63, 3.8) is 0 Å². The molecule has 0 bridgehead atoms. The molecule has 3 nitrogen and oxygen atoms in total. The highest BCUT2D eigenvalue weighted by Gasteiger charge is 2.08. The molecule has 3 rings (SSSR count). The number of rotatable bonds is 5. The van der Waals surface area contributed by atoms with Crippen LogP contribution in [0.2, 0.25) is 0 Å². The number of nitrogens with zero attached hydrogens (tertiary/aromatic N) is 1. The van der Waals surface area contributed by atoms with Crippen LogP contribution >= 0.6 is 11.3 Å². The highest BCUT2D eigenvalue weighted by molar-refractivity contribution is 7.10. The van der Waals surface area contributed by atoms with Crippen LogP contribution in [0.15, 0.2) is 47.8 Å². The molecule has 0 saturated carbocycles. The molecule has 2 aromatic carbocycles. The summed E-state index contributed by atoms with van der Waals surface area (Å²) in [7, 11) is 1.72.